The van der Waals surface area contributed by atoms with Crippen molar-refractivity contribution in [1.82, 2.24) is 9.80 Å². The van der Waals surface area contributed by atoms with Crippen molar-refractivity contribution in [3.8, 4) is 0 Å². The van der Waals surface area contributed by atoms with Crippen molar-refractivity contribution < 1.29 is 13.9 Å². The molecule has 1 atom stereocenters. The maximum atomic E-state index is 13.6. The highest BCUT2D eigenvalue weighted by Crippen LogP contribution is 2.16. The van der Waals surface area contributed by atoms with Crippen LogP contribution < -0.4 is 0 Å². The molecule has 4 nitrogen and oxygen atoms in total. The SMILES string of the molecule is CCN(Cc1ccccc1)C(=O)CN(Cc1cccc(F)c1)CC1CCCO1. The van der Waals surface area contributed by atoms with Gasteiger partial charge in [0.15, 0.2) is 0 Å². The van der Waals surface area contributed by atoms with Gasteiger partial charge in [-0.1, -0.05) is 42.5 Å². The van der Waals surface area contributed by atoms with Crippen LogP contribution in [0, 0.1) is 5.82 Å². The molecule has 1 heterocycles. The van der Waals surface area contributed by atoms with Gasteiger partial charge < -0.3 is 9.64 Å². The molecule has 5 heteroatoms. The van der Waals surface area contributed by atoms with E-state index < -0.39 is 0 Å². The average Bonchev–Trinajstić information content (AvgIpc) is 3.20. The van der Waals surface area contributed by atoms with Gasteiger partial charge in [0.1, 0.15) is 5.82 Å². The van der Waals surface area contributed by atoms with E-state index in [2.05, 4.69) is 4.90 Å². The quantitative estimate of drug-likeness (QED) is 0.658. The third-order valence-corrected chi connectivity index (χ3v) is 5.09. The monoisotopic (exact) mass is 384 g/mol. The number of rotatable bonds is 9. The van der Waals surface area contributed by atoms with E-state index in [1.54, 1.807) is 6.07 Å². The average molecular weight is 384 g/mol. The Balaban J connectivity index is 1.66. The van der Waals surface area contributed by atoms with Crippen molar-refractivity contribution >= 4 is 5.91 Å². The minimum absolute atomic E-state index is 0.0840. The fraction of sp³-hybridized carbons (Fsp3) is 0.435. The number of nitrogens with zero attached hydrogens (tertiary/aromatic N) is 2. The number of halogens is 1. The van der Waals surface area contributed by atoms with Crippen molar-refractivity contribution in [1.29, 1.82) is 0 Å². The van der Waals surface area contributed by atoms with Crippen molar-refractivity contribution in [2.24, 2.45) is 0 Å². The third kappa shape index (κ3) is 6.14. The zero-order valence-electron chi connectivity index (χ0n) is 16.5. The number of hydrogen-bond acceptors (Lipinski definition) is 3. The molecule has 28 heavy (non-hydrogen) atoms. The van der Waals surface area contributed by atoms with Crippen LogP contribution in [0.1, 0.15) is 30.9 Å². The lowest BCUT2D eigenvalue weighted by Crippen LogP contribution is -2.42. The van der Waals surface area contributed by atoms with Gasteiger partial charge in [-0.25, -0.2) is 4.39 Å². The number of carbonyl (C=O) groups excluding carboxylic acids is 1. The summed E-state index contributed by atoms with van der Waals surface area (Å²) in [6, 6.07) is 16.6. The van der Waals surface area contributed by atoms with Crippen LogP contribution in [0.2, 0.25) is 0 Å². The number of benzene rings is 2. The van der Waals surface area contributed by atoms with Crippen molar-refractivity contribution in [2.45, 2.75) is 39.0 Å². The summed E-state index contributed by atoms with van der Waals surface area (Å²) in [5.74, 6) is -0.166. The van der Waals surface area contributed by atoms with E-state index in [4.69, 9.17) is 4.74 Å². The zero-order valence-corrected chi connectivity index (χ0v) is 16.5. The predicted molar refractivity (Wildman–Crippen MR) is 108 cm³/mol. The Hall–Kier alpha value is -2.24. The normalized spacial score (nSPS) is 16.5. The summed E-state index contributed by atoms with van der Waals surface area (Å²) in [5, 5.41) is 0. The third-order valence-electron chi connectivity index (χ3n) is 5.09. The molecule has 3 rings (SSSR count). The summed E-state index contributed by atoms with van der Waals surface area (Å²) in [6.45, 7) is 5.55. The van der Waals surface area contributed by atoms with Crippen LogP contribution in [0.15, 0.2) is 54.6 Å². The van der Waals surface area contributed by atoms with Crippen LogP contribution in [0.3, 0.4) is 0 Å². The minimum atomic E-state index is -0.250. The first-order valence-electron chi connectivity index (χ1n) is 10.0. The second-order valence-electron chi connectivity index (χ2n) is 7.33. The highest BCUT2D eigenvalue weighted by molar-refractivity contribution is 5.78. The Morgan fingerprint density at radius 3 is 2.57 bits per heavy atom. The molecule has 0 saturated carbocycles. The van der Waals surface area contributed by atoms with Crippen molar-refractivity contribution in [2.75, 3.05) is 26.2 Å². The van der Waals surface area contributed by atoms with E-state index in [-0.39, 0.29) is 17.8 Å². The Morgan fingerprint density at radius 1 is 1.11 bits per heavy atom. The largest absolute Gasteiger partial charge is 0.377 e. The lowest BCUT2D eigenvalue weighted by Gasteiger charge is -2.28. The molecule has 1 unspecified atom stereocenters. The van der Waals surface area contributed by atoms with E-state index >= 15 is 0 Å². The molecule has 0 N–H and O–H groups in total. The number of likely N-dealkylation sites (N-methyl/N-ethyl adjacent to an activating group) is 1. The molecule has 0 aliphatic carbocycles. The highest BCUT2D eigenvalue weighted by atomic mass is 19.1. The lowest BCUT2D eigenvalue weighted by molar-refractivity contribution is -0.133. The van der Waals surface area contributed by atoms with Gasteiger partial charge in [-0.2, -0.15) is 0 Å². The standard InChI is InChI=1S/C23H29FN2O2/c1-2-26(16-19-8-4-3-5-9-19)23(27)18-25(17-22-12-7-13-28-22)15-20-10-6-11-21(24)14-20/h3-6,8-11,14,22H,2,7,12-13,15-18H2,1H3. The van der Waals surface area contributed by atoms with Crippen LogP contribution in [0.25, 0.3) is 0 Å². The summed E-state index contributed by atoms with van der Waals surface area (Å²) >= 11 is 0. The molecule has 0 aromatic heterocycles. The number of ether oxygens (including phenoxy) is 1. The van der Waals surface area contributed by atoms with E-state index in [0.29, 0.717) is 32.7 Å². The Labute approximate surface area is 166 Å². The molecule has 150 valence electrons. The second kappa shape index (κ2) is 10.3. The summed E-state index contributed by atoms with van der Waals surface area (Å²) in [7, 11) is 0. The van der Waals surface area contributed by atoms with Gasteiger partial charge in [0, 0.05) is 32.8 Å². The molecular formula is C23H29FN2O2. The molecule has 1 aliphatic rings. The molecule has 1 amide bonds. The molecule has 1 aliphatic heterocycles. The van der Waals surface area contributed by atoms with Crippen LogP contribution in [0.5, 0.6) is 0 Å². The van der Waals surface area contributed by atoms with Gasteiger partial charge in [-0.05, 0) is 43.0 Å². The molecular weight excluding hydrogens is 355 g/mol. The van der Waals surface area contributed by atoms with Gasteiger partial charge in [0.05, 0.1) is 12.6 Å². The molecule has 1 saturated heterocycles. The zero-order chi connectivity index (χ0) is 19.8. The maximum Gasteiger partial charge on any atom is 0.237 e. The highest BCUT2D eigenvalue weighted by Gasteiger charge is 2.23. The molecule has 0 bridgehead atoms. The summed E-state index contributed by atoms with van der Waals surface area (Å²) < 4.78 is 19.4. The lowest BCUT2D eigenvalue weighted by atomic mass is 10.1. The van der Waals surface area contributed by atoms with Crippen LogP contribution in [-0.4, -0.2) is 48.1 Å². The minimum Gasteiger partial charge on any atom is -0.377 e. The molecule has 0 radical (unpaired) electrons. The molecule has 2 aromatic rings. The van der Waals surface area contributed by atoms with Gasteiger partial charge in [0.25, 0.3) is 0 Å². The number of amides is 1. The fourth-order valence-electron chi connectivity index (χ4n) is 3.63. The van der Waals surface area contributed by atoms with Crippen molar-refractivity contribution in [3.63, 3.8) is 0 Å². The van der Waals surface area contributed by atoms with E-state index in [9.17, 15) is 9.18 Å². The molecule has 0 spiro atoms. The Morgan fingerprint density at radius 2 is 1.89 bits per heavy atom. The van der Waals surface area contributed by atoms with Gasteiger partial charge in [-0.3, -0.25) is 9.69 Å². The van der Waals surface area contributed by atoms with Crippen molar-refractivity contribution in [3.05, 3.63) is 71.5 Å². The van der Waals surface area contributed by atoms with E-state index in [0.717, 1.165) is 30.6 Å². The summed E-state index contributed by atoms with van der Waals surface area (Å²) in [6.07, 6.45) is 2.21. The molecule has 1 fully saturated rings. The van der Waals surface area contributed by atoms with Gasteiger partial charge in [0.2, 0.25) is 5.91 Å². The van der Waals surface area contributed by atoms with E-state index in [1.165, 1.54) is 12.1 Å². The number of hydrogen-bond donors (Lipinski definition) is 0. The maximum absolute atomic E-state index is 13.6. The summed E-state index contributed by atoms with van der Waals surface area (Å²) in [5.41, 5.74) is 1.99. The van der Waals surface area contributed by atoms with Gasteiger partial charge >= 0.3 is 0 Å². The Bertz CT molecular complexity index is 747. The number of carbonyl (C=O) groups is 1. The Kier molecular flexibility index (Phi) is 7.57. The first kappa shape index (κ1) is 20.5. The smallest absolute Gasteiger partial charge is 0.237 e. The first-order valence-corrected chi connectivity index (χ1v) is 10.0. The molecule has 2 aromatic carbocycles. The first-order chi connectivity index (χ1) is 13.6. The van der Waals surface area contributed by atoms with Crippen LogP contribution in [-0.2, 0) is 22.6 Å². The second-order valence-corrected chi connectivity index (χ2v) is 7.33. The van der Waals surface area contributed by atoms with E-state index in [1.807, 2.05) is 48.2 Å². The fourth-order valence-corrected chi connectivity index (χ4v) is 3.63. The van der Waals surface area contributed by atoms with Crippen LogP contribution >= 0.6 is 0 Å². The van der Waals surface area contributed by atoms with Gasteiger partial charge in [-0.15, -0.1) is 0 Å². The predicted octanol–water partition coefficient (Wildman–Crippen LogP) is 3.86. The topological polar surface area (TPSA) is 32.8 Å². The summed E-state index contributed by atoms with van der Waals surface area (Å²) in [4.78, 5) is 16.9. The van der Waals surface area contributed by atoms with Crippen LogP contribution in [0.4, 0.5) is 4.39 Å².